The Morgan fingerprint density at radius 3 is 2.32 bits per heavy atom. The fourth-order valence-corrected chi connectivity index (χ4v) is 4.20. The van der Waals surface area contributed by atoms with Crippen molar-refractivity contribution in [1.82, 2.24) is 10.6 Å². The second-order valence-corrected chi connectivity index (χ2v) is 7.68. The lowest BCUT2D eigenvalue weighted by molar-refractivity contribution is 0.809. The zero-order valence-corrected chi connectivity index (χ0v) is 18.4. The highest BCUT2D eigenvalue weighted by Gasteiger charge is 2.10. The average Bonchev–Trinajstić information content (AvgIpc) is 3.17. The number of guanidine groups is 1. The van der Waals surface area contributed by atoms with Crippen LogP contribution in [0.25, 0.3) is 0 Å². The minimum Gasteiger partial charge on any atom is -0.370 e. The molecule has 0 unspecified atom stereocenters. The number of anilines is 1. The van der Waals surface area contributed by atoms with Crippen LogP contribution in [0, 0.1) is 0 Å². The standard InChI is InChI=1S/C18H24N4S2.HI/c1-19-18(21-13-16-6-9-24-14-16)20-12-15-2-4-17(5-3-15)22-7-10-23-11-8-22;/h2-6,9,14H,7-8,10-13H2,1H3,(H2,19,20,21);1H. The molecule has 7 heteroatoms. The summed E-state index contributed by atoms with van der Waals surface area (Å²) in [6.07, 6.45) is 0. The fraction of sp³-hybridized carbons (Fsp3) is 0.389. The molecular weight excluding hydrogens is 463 g/mol. The van der Waals surface area contributed by atoms with Gasteiger partial charge < -0.3 is 15.5 Å². The number of hydrogen-bond acceptors (Lipinski definition) is 4. The van der Waals surface area contributed by atoms with E-state index in [4.69, 9.17) is 0 Å². The van der Waals surface area contributed by atoms with Crippen LogP contribution in [0.3, 0.4) is 0 Å². The third kappa shape index (κ3) is 6.38. The number of halogens is 1. The molecule has 4 nitrogen and oxygen atoms in total. The van der Waals surface area contributed by atoms with Gasteiger partial charge in [0.05, 0.1) is 0 Å². The van der Waals surface area contributed by atoms with Gasteiger partial charge >= 0.3 is 0 Å². The van der Waals surface area contributed by atoms with Gasteiger partial charge in [0.15, 0.2) is 5.96 Å². The van der Waals surface area contributed by atoms with Crippen LogP contribution in [0.5, 0.6) is 0 Å². The first kappa shape index (κ1) is 20.4. The summed E-state index contributed by atoms with van der Waals surface area (Å²) < 4.78 is 0. The van der Waals surface area contributed by atoms with Gasteiger partial charge in [-0.1, -0.05) is 12.1 Å². The lowest BCUT2D eigenvalue weighted by Gasteiger charge is -2.28. The molecule has 2 aromatic rings. The molecule has 1 fully saturated rings. The predicted octanol–water partition coefficient (Wildman–Crippen LogP) is 3.78. The van der Waals surface area contributed by atoms with Crippen LogP contribution in [0.1, 0.15) is 11.1 Å². The fourth-order valence-electron chi connectivity index (χ4n) is 2.63. The van der Waals surface area contributed by atoms with E-state index in [-0.39, 0.29) is 24.0 Å². The van der Waals surface area contributed by atoms with E-state index in [1.54, 1.807) is 18.4 Å². The van der Waals surface area contributed by atoms with Crippen LogP contribution in [0.4, 0.5) is 5.69 Å². The zero-order valence-electron chi connectivity index (χ0n) is 14.4. The summed E-state index contributed by atoms with van der Waals surface area (Å²) in [6.45, 7) is 3.89. The van der Waals surface area contributed by atoms with E-state index in [0.29, 0.717) is 0 Å². The van der Waals surface area contributed by atoms with Crippen LogP contribution in [0.15, 0.2) is 46.1 Å². The van der Waals surface area contributed by atoms with Gasteiger partial charge in [-0.15, -0.1) is 24.0 Å². The number of nitrogens with zero attached hydrogens (tertiary/aromatic N) is 2. The van der Waals surface area contributed by atoms with Crippen LogP contribution in [-0.2, 0) is 13.1 Å². The Bertz CT molecular complexity index is 638. The Labute approximate surface area is 175 Å². The second kappa shape index (κ2) is 10.9. The van der Waals surface area contributed by atoms with E-state index in [1.165, 1.54) is 28.3 Å². The highest BCUT2D eigenvalue weighted by Crippen LogP contribution is 2.19. The molecule has 0 aliphatic carbocycles. The largest absolute Gasteiger partial charge is 0.370 e. The van der Waals surface area contributed by atoms with E-state index >= 15 is 0 Å². The van der Waals surface area contributed by atoms with Crippen molar-refractivity contribution in [3.05, 3.63) is 52.2 Å². The van der Waals surface area contributed by atoms with Crippen molar-refractivity contribution in [2.45, 2.75) is 13.1 Å². The lowest BCUT2D eigenvalue weighted by Crippen LogP contribution is -2.36. The predicted molar refractivity (Wildman–Crippen MR) is 123 cm³/mol. The highest BCUT2D eigenvalue weighted by molar-refractivity contribution is 14.0. The summed E-state index contributed by atoms with van der Waals surface area (Å²) in [5, 5.41) is 11.0. The quantitative estimate of drug-likeness (QED) is 0.382. The maximum absolute atomic E-state index is 4.28. The van der Waals surface area contributed by atoms with Crippen molar-refractivity contribution >= 4 is 58.7 Å². The van der Waals surface area contributed by atoms with Crippen LogP contribution in [0.2, 0.25) is 0 Å². The Balaban J connectivity index is 0.00000225. The van der Waals surface area contributed by atoms with E-state index < -0.39 is 0 Å². The van der Waals surface area contributed by atoms with Gasteiger partial charge in [-0.2, -0.15) is 23.1 Å². The van der Waals surface area contributed by atoms with Crippen molar-refractivity contribution in [3.8, 4) is 0 Å². The van der Waals surface area contributed by atoms with E-state index in [0.717, 1.165) is 32.1 Å². The molecule has 0 saturated carbocycles. The maximum Gasteiger partial charge on any atom is 0.191 e. The number of hydrogen-bond donors (Lipinski definition) is 2. The minimum atomic E-state index is 0. The smallest absolute Gasteiger partial charge is 0.191 e. The molecule has 2 heterocycles. The van der Waals surface area contributed by atoms with Crippen LogP contribution < -0.4 is 15.5 Å². The Morgan fingerprint density at radius 2 is 1.72 bits per heavy atom. The van der Waals surface area contributed by atoms with Crippen LogP contribution in [-0.4, -0.2) is 37.6 Å². The molecule has 25 heavy (non-hydrogen) atoms. The highest BCUT2D eigenvalue weighted by atomic mass is 127. The number of benzene rings is 1. The zero-order chi connectivity index (χ0) is 16.6. The maximum atomic E-state index is 4.28. The summed E-state index contributed by atoms with van der Waals surface area (Å²) in [5.41, 5.74) is 3.88. The SMILES string of the molecule is CN=C(NCc1ccc(N2CCSCC2)cc1)NCc1ccsc1.I. The van der Waals surface area contributed by atoms with Crippen molar-refractivity contribution in [2.75, 3.05) is 36.5 Å². The summed E-state index contributed by atoms with van der Waals surface area (Å²) in [6, 6.07) is 11.0. The number of aliphatic imine (C=N–C) groups is 1. The van der Waals surface area contributed by atoms with Gasteiger partial charge in [-0.3, -0.25) is 4.99 Å². The number of thiophene rings is 1. The third-order valence-corrected chi connectivity index (χ3v) is 5.71. The van der Waals surface area contributed by atoms with Crippen molar-refractivity contribution in [3.63, 3.8) is 0 Å². The molecule has 0 atom stereocenters. The second-order valence-electron chi connectivity index (χ2n) is 5.68. The first-order chi connectivity index (χ1) is 11.8. The van der Waals surface area contributed by atoms with Gasteiger partial charge in [0.2, 0.25) is 0 Å². The number of thioether (sulfide) groups is 1. The summed E-state index contributed by atoms with van der Waals surface area (Å²) in [7, 11) is 1.81. The molecule has 1 aliphatic heterocycles. The molecule has 1 aliphatic rings. The Hall–Kier alpha value is -0.930. The van der Waals surface area contributed by atoms with E-state index in [2.05, 4.69) is 61.6 Å². The van der Waals surface area contributed by atoms with Gasteiger partial charge in [0, 0.05) is 50.4 Å². The van der Waals surface area contributed by atoms with Gasteiger partial charge in [0.25, 0.3) is 0 Å². The first-order valence-corrected chi connectivity index (χ1v) is 10.3. The molecule has 0 spiro atoms. The summed E-state index contributed by atoms with van der Waals surface area (Å²) in [4.78, 5) is 6.75. The number of nitrogens with one attached hydrogen (secondary N) is 2. The molecule has 136 valence electrons. The number of rotatable bonds is 5. The summed E-state index contributed by atoms with van der Waals surface area (Å²) >= 11 is 3.76. The van der Waals surface area contributed by atoms with Gasteiger partial charge in [-0.05, 0) is 40.1 Å². The van der Waals surface area contributed by atoms with Crippen LogP contribution >= 0.6 is 47.1 Å². The molecular formula is C18H25IN4S2. The molecule has 1 aromatic heterocycles. The molecule has 2 N–H and O–H groups in total. The van der Waals surface area contributed by atoms with Gasteiger partial charge in [-0.25, -0.2) is 0 Å². The molecule has 0 amide bonds. The molecule has 1 saturated heterocycles. The average molecular weight is 488 g/mol. The third-order valence-electron chi connectivity index (χ3n) is 4.04. The molecule has 3 rings (SSSR count). The normalized spacial score (nSPS) is 14.8. The Kier molecular flexibility index (Phi) is 8.91. The lowest BCUT2D eigenvalue weighted by atomic mass is 10.2. The monoisotopic (exact) mass is 488 g/mol. The van der Waals surface area contributed by atoms with Crippen molar-refractivity contribution in [2.24, 2.45) is 4.99 Å². The minimum absolute atomic E-state index is 0. The van der Waals surface area contributed by atoms with E-state index in [9.17, 15) is 0 Å². The molecule has 0 radical (unpaired) electrons. The molecule has 0 bridgehead atoms. The Morgan fingerprint density at radius 1 is 1.04 bits per heavy atom. The van der Waals surface area contributed by atoms with E-state index in [1.807, 2.05) is 11.8 Å². The first-order valence-electron chi connectivity index (χ1n) is 8.22. The topological polar surface area (TPSA) is 39.7 Å². The van der Waals surface area contributed by atoms with Crippen molar-refractivity contribution in [1.29, 1.82) is 0 Å². The molecule has 1 aromatic carbocycles. The van der Waals surface area contributed by atoms with Crippen molar-refractivity contribution < 1.29 is 0 Å². The van der Waals surface area contributed by atoms with Gasteiger partial charge in [0.1, 0.15) is 0 Å². The summed E-state index contributed by atoms with van der Waals surface area (Å²) in [5.74, 6) is 3.29.